The van der Waals surface area contributed by atoms with Gasteiger partial charge in [0, 0.05) is 70.5 Å². The summed E-state index contributed by atoms with van der Waals surface area (Å²) in [6.07, 6.45) is 8.25. The fourth-order valence-electron chi connectivity index (χ4n) is 10.6. The standard InChI is InChI=1S/3C15H11BrClN3O2.C12H5BrClNO2/c3*16-8-1-2-11-9(5-8)15(3-4-21-14(18)20-15)10-6-13(17)19-7-12(10)22-11;13-6-1-2-9-7(3-6)12(16)8-4-11(14)15-5-10(8)17-9/h3*1-2,5-7H,3-4H2,(H2,18,20);1-5H/t2*15-;;/m10../s1. The maximum absolute atomic E-state index is 12.2. The number of hydrogen-bond acceptors (Lipinski definition) is 18. The molecule has 6 aliphatic heterocycles. The van der Waals surface area contributed by atoms with E-state index < -0.39 is 16.6 Å². The highest BCUT2D eigenvalue weighted by molar-refractivity contribution is 9.11. The third kappa shape index (κ3) is 10.8. The zero-order valence-corrected chi connectivity index (χ0v) is 51.8. The van der Waals surface area contributed by atoms with E-state index in [2.05, 4.69) is 98.6 Å². The molecule has 0 saturated heterocycles. The van der Waals surface area contributed by atoms with Crippen LogP contribution in [0, 0.1) is 0 Å². The SMILES string of the molecule is NC1=NC2(CCO1)c1cc(Br)ccc1Oc1cnc(Cl)cc12.NC1=N[C@@]2(CCO1)c1cc(Br)ccc1Oc1cnc(Cl)cc12.NC1=N[C@]2(CCO1)c1cc(Br)ccc1Oc1cnc(Cl)cc12.O=c1c2cc(Br)ccc2oc2cnc(Cl)cc12. The number of aliphatic imine (C=N–C) groups is 3. The summed E-state index contributed by atoms with van der Waals surface area (Å²) < 4.78 is 43.1. The van der Waals surface area contributed by atoms with Crippen LogP contribution in [0.3, 0.4) is 0 Å². The van der Waals surface area contributed by atoms with Gasteiger partial charge in [0.2, 0.25) is 5.43 Å². The summed E-state index contributed by atoms with van der Waals surface area (Å²) in [6, 6.07) is 30.1. The summed E-state index contributed by atoms with van der Waals surface area (Å²) in [5.41, 5.74) is 21.8. The molecule has 18 nitrogen and oxygen atoms in total. The van der Waals surface area contributed by atoms with Crippen molar-refractivity contribution in [1.82, 2.24) is 19.9 Å². The van der Waals surface area contributed by atoms with Gasteiger partial charge >= 0.3 is 0 Å². The number of aromatic nitrogens is 4. The van der Waals surface area contributed by atoms with Gasteiger partial charge in [-0.05, 0) is 97.1 Å². The first-order valence-electron chi connectivity index (χ1n) is 24.9. The summed E-state index contributed by atoms with van der Waals surface area (Å²) in [7, 11) is 0. The van der Waals surface area contributed by atoms with Crippen LogP contribution in [0.15, 0.2) is 164 Å². The van der Waals surface area contributed by atoms with Gasteiger partial charge in [0.05, 0.1) is 55.4 Å². The Morgan fingerprint density at radius 1 is 0.398 bits per heavy atom. The molecule has 3 atom stereocenters. The molecule has 0 fully saturated rings. The molecule has 83 heavy (non-hydrogen) atoms. The topological polar surface area (TPSA) is 252 Å². The van der Waals surface area contributed by atoms with E-state index in [1.54, 1.807) is 48.9 Å². The van der Waals surface area contributed by atoms with Crippen LogP contribution < -0.4 is 36.8 Å². The molecule has 0 radical (unpaired) electrons. The van der Waals surface area contributed by atoms with E-state index in [1.165, 1.54) is 12.3 Å². The minimum Gasteiger partial charge on any atom is -0.465 e. The maximum atomic E-state index is 12.2. The van der Waals surface area contributed by atoms with E-state index in [4.69, 9.17) is 96.4 Å². The summed E-state index contributed by atoms with van der Waals surface area (Å²) in [5, 5.41) is 2.41. The smallest absolute Gasteiger partial charge is 0.283 e. The molecular formula is C57H38Br4Cl4N10O8. The Morgan fingerprint density at radius 3 is 1.11 bits per heavy atom. The molecule has 5 aromatic heterocycles. The van der Waals surface area contributed by atoms with Gasteiger partial charge in [-0.2, -0.15) is 0 Å². The highest BCUT2D eigenvalue weighted by Gasteiger charge is 2.48. The van der Waals surface area contributed by atoms with E-state index in [-0.39, 0.29) is 28.6 Å². The third-order valence-electron chi connectivity index (χ3n) is 14.2. The molecule has 3 spiro atoms. The Morgan fingerprint density at radius 2 is 0.723 bits per heavy atom. The van der Waals surface area contributed by atoms with Crippen molar-refractivity contribution in [2.24, 2.45) is 32.2 Å². The fourth-order valence-corrected chi connectivity index (χ4v) is 12.7. The number of nitrogens with two attached hydrogens (primary N) is 3. The lowest BCUT2D eigenvalue weighted by atomic mass is 9.78. The molecule has 0 bridgehead atoms. The predicted octanol–water partition coefficient (Wildman–Crippen LogP) is 14.5. The Bertz CT molecular complexity index is 3770. The van der Waals surface area contributed by atoms with Crippen LogP contribution in [0.1, 0.15) is 52.6 Å². The van der Waals surface area contributed by atoms with Crippen molar-refractivity contribution in [2.45, 2.75) is 35.9 Å². The number of nitrogens with zero attached hydrogens (tertiary/aromatic N) is 7. The van der Waals surface area contributed by atoms with Crippen molar-refractivity contribution in [3.8, 4) is 34.5 Å². The van der Waals surface area contributed by atoms with E-state index in [0.29, 0.717) is 93.7 Å². The summed E-state index contributed by atoms with van der Waals surface area (Å²) >= 11 is 37.9. The number of pyridine rings is 4. The van der Waals surface area contributed by atoms with E-state index in [1.807, 2.05) is 60.7 Å². The van der Waals surface area contributed by atoms with E-state index >= 15 is 0 Å². The molecule has 0 amide bonds. The van der Waals surface area contributed by atoms with E-state index in [9.17, 15) is 4.79 Å². The second-order valence-corrected chi connectivity index (χ2v) is 24.3. The fraction of sp³-hybridized carbons (Fsp3) is 0.158. The van der Waals surface area contributed by atoms with Crippen LogP contribution in [-0.4, -0.2) is 57.8 Å². The molecule has 6 aliphatic rings. The summed E-state index contributed by atoms with van der Waals surface area (Å²) in [6.45, 7) is 1.42. The number of hydrogen-bond donors (Lipinski definition) is 3. The molecule has 4 aromatic carbocycles. The number of amidine groups is 3. The molecule has 11 heterocycles. The Hall–Kier alpha value is -6.76. The van der Waals surface area contributed by atoms with Gasteiger partial charge in [0.25, 0.3) is 18.1 Å². The van der Waals surface area contributed by atoms with Crippen LogP contribution in [0.5, 0.6) is 34.5 Å². The monoisotopic (exact) mass is 1450 g/mol. The van der Waals surface area contributed by atoms with Crippen molar-refractivity contribution in [1.29, 1.82) is 0 Å². The van der Waals surface area contributed by atoms with Crippen molar-refractivity contribution >= 4 is 150 Å². The minimum absolute atomic E-state index is 0.105. The van der Waals surface area contributed by atoms with Crippen molar-refractivity contribution in [3.63, 3.8) is 0 Å². The highest BCUT2D eigenvalue weighted by Crippen LogP contribution is 2.55. The van der Waals surface area contributed by atoms with Gasteiger partial charge in [-0.15, -0.1) is 0 Å². The number of ether oxygens (including phenoxy) is 6. The largest absolute Gasteiger partial charge is 0.465 e. The lowest BCUT2D eigenvalue weighted by Gasteiger charge is -2.39. The molecule has 0 aliphatic carbocycles. The number of halogens is 8. The van der Waals surface area contributed by atoms with Crippen molar-refractivity contribution in [3.05, 3.63) is 204 Å². The van der Waals surface area contributed by atoms with Crippen LogP contribution in [-0.2, 0) is 30.8 Å². The van der Waals surface area contributed by atoms with Gasteiger partial charge < -0.3 is 50.0 Å². The van der Waals surface area contributed by atoms with Gasteiger partial charge in [-0.3, -0.25) is 4.79 Å². The highest BCUT2D eigenvalue weighted by atomic mass is 79.9. The second-order valence-electron chi connectivity index (χ2n) is 19.0. The number of fused-ring (bicyclic) bond motifs is 14. The zero-order valence-electron chi connectivity index (χ0n) is 42.4. The Balaban J connectivity index is 0.000000110. The van der Waals surface area contributed by atoms with Gasteiger partial charge in [0.15, 0.2) is 22.8 Å². The first-order valence-corrected chi connectivity index (χ1v) is 29.6. The van der Waals surface area contributed by atoms with Crippen LogP contribution >= 0.6 is 110 Å². The second kappa shape index (κ2) is 22.7. The minimum atomic E-state index is -0.665. The first kappa shape index (κ1) is 56.7. The molecule has 1 unspecified atom stereocenters. The Labute approximate surface area is 524 Å². The molecule has 9 aromatic rings. The van der Waals surface area contributed by atoms with Gasteiger partial charge in [-0.1, -0.05) is 110 Å². The van der Waals surface area contributed by atoms with Crippen molar-refractivity contribution in [2.75, 3.05) is 19.8 Å². The predicted molar refractivity (Wildman–Crippen MR) is 330 cm³/mol. The first-order chi connectivity index (χ1) is 39.9. The molecule has 0 saturated carbocycles. The summed E-state index contributed by atoms with van der Waals surface area (Å²) in [5.74, 6) is 4.11. The van der Waals surface area contributed by atoms with Crippen LogP contribution in [0.4, 0.5) is 0 Å². The zero-order chi connectivity index (χ0) is 58.0. The molecule has 6 N–H and O–H groups in total. The average Bonchev–Trinajstić information content (AvgIpc) is 2.56. The van der Waals surface area contributed by atoms with Crippen molar-refractivity contribution < 1.29 is 32.8 Å². The van der Waals surface area contributed by atoms with E-state index in [0.717, 1.165) is 68.5 Å². The number of rotatable bonds is 0. The lowest BCUT2D eigenvalue weighted by molar-refractivity contribution is 0.218. The molecule has 26 heteroatoms. The maximum Gasteiger partial charge on any atom is 0.283 e. The third-order valence-corrected chi connectivity index (χ3v) is 17.0. The average molecular weight is 1450 g/mol. The molecule has 420 valence electrons. The molecule has 15 rings (SSSR count). The summed E-state index contributed by atoms with van der Waals surface area (Å²) in [4.78, 5) is 42.3. The number of benzene rings is 4. The van der Waals surface area contributed by atoms with Gasteiger partial charge in [-0.25, -0.2) is 34.9 Å². The Kier molecular flexibility index (Phi) is 15.5. The quantitative estimate of drug-likeness (QED) is 0.0943. The molecular weight excluding hydrogens is 1410 g/mol. The van der Waals surface area contributed by atoms with Crippen LogP contribution in [0.25, 0.3) is 21.9 Å². The lowest BCUT2D eigenvalue weighted by Crippen LogP contribution is -2.38. The van der Waals surface area contributed by atoms with Crippen LogP contribution in [0.2, 0.25) is 20.6 Å². The van der Waals surface area contributed by atoms with Gasteiger partial charge in [0.1, 0.15) is 60.1 Å². The normalized spacial score (nSPS) is 19.9.